The first-order valence-electron chi connectivity index (χ1n) is 3.79. The molecule has 0 saturated carbocycles. The van der Waals surface area contributed by atoms with Gasteiger partial charge in [-0.25, -0.2) is 19.3 Å². The smallest absolute Gasteiger partial charge is 0.125 e. The molecule has 62 valence electrons. The molecule has 0 aliphatic carbocycles. The maximum atomic E-state index is 4.13. The Morgan fingerprint density at radius 3 is 1.58 bits per heavy atom. The number of hydrogen-bond donors (Lipinski definition) is 0. The number of nitrogens with zero attached hydrogens (tertiary/aromatic N) is 4. The van der Waals surface area contributed by atoms with E-state index in [1.807, 2.05) is 35.6 Å². The molecular formula is C8H10N4. The molecule has 2 aromatic rings. The van der Waals surface area contributed by atoms with Gasteiger partial charge in [-0.2, -0.15) is 0 Å². The first kappa shape index (κ1) is 7.09. The van der Waals surface area contributed by atoms with E-state index in [-0.39, 0.29) is 0 Å². The summed E-state index contributed by atoms with van der Waals surface area (Å²) < 4.78 is 3.89. The van der Waals surface area contributed by atoms with Crippen LogP contribution in [0.25, 0.3) is 0 Å². The van der Waals surface area contributed by atoms with Crippen molar-refractivity contribution in [3.05, 3.63) is 36.4 Å². The largest absolute Gasteiger partial charge is 0.240 e. The second kappa shape index (κ2) is 2.48. The average molecular weight is 162 g/mol. The van der Waals surface area contributed by atoms with Crippen molar-refractivity contribution in [1.29, 1.82) is 0 Å². The molecule has 0 aliphatic heterocycles. The minimum atomic E-state index is 0.955. The predicted octanol–water partition coefficient (Wildman–Crippen LogP) is 1.01. The molecule has 12 heavy (non-hydrogen) atoms. The lowest BCUT2D eigenvalue weighted by atomic mass is 10.7. The summed E-state index contributed by atoms with van der Waals surface area (Å²) in [5.41, 5.74) is 0. The van der Waals surface area contributed by atoms with Crippen LogP contribution in [0, 0.1) is 13.8 Å². The highest BCUT2D eigenvalue weighted by atomic mass is 15.5. The zero-order valence-corrected chi connectivity index (χ0v) is 7.10. The van der Waals surface area contributed by atoms with Gasteiger partial charge in [0.25, 0.3) is 0 Å². The Bertz CT molecular complexity index is 347. The molecule has 0 atom stereocenters. The summed E-state index contributed by atoms with van der Waals surface area (Å²) in [6, 6.07) is 0. The zero-order chi connectivity index (χ0) is 8.55. The van der Waals surface area contributed by atoms with E-state index in [2.05, 4.69) is 9.97 Å². The van der Waals surface area contributed by atoms with Crippen LogP contribution in [-0.2, 0) is 0 Å². The molecule has 2 heterocycles. The van der Waals surface area contributed by atoms with E-state index in [0.29, 0.717) is 0 Å². The molecule has 4 nitrogen and oxygen atoms in total. The third-order valence-electron chi connectivity index (χ3n) is 1.83. The van der Waals surface area contributed by atoms with Crippen LogP contribution in [0.1, 0.15) is 11.6 Å². The highest BCUT2D eigenvalue weighted by Gasteiger charge is 2.00. The summed E-state index contributed by atoms with van der Waals surface area (Å²) in [7, 11) is 0. The first-order chi connectivity index (χ1) is 5.79. The Hall–Kier alpha value is -1.58. The molecule has 0 bridgehead atoms. The van der Waals surface area contributed by atoms with Crippen molar-refractivity contribution >= 4 is 0 Å². The van der Waals surface area contributed by atoms with E-state index in [4.69, 9.17) is 0 Å². The molecule has 0 aliphatic rings. The van der Waals surface area contributed by atoms with Crippen molar-refractivity contribution in [1.82, 2.24) is 19.3 Å². The Labute approximate surface area is 70.5 Å². The van der Waals surface area contributed by atoms with Gasteiger partial charge >= 0.3 is 0 Å². The van der Waals surface area contributed by atoms with Gasteiger partial charge in [-0.1, -0.05) is 0 Å². The normalized spacial score (nSPS) is 10.5. The van der Waals surface area contributed by atoms with Gasteiger partial charge in [-0.3, -0.25) is 0 Å². The summed E-state index contributed by atoms with van der Waals surface area (Å²) in [6.07, 6.45) is 7.36. The van der Waals surface area contributed by atoms with Crippen LogP contribution in [0.3, 0.4) is 0 Å². The molecular weight excluding hydrogens is 152 g/mol. The van der Waals surface area contributed by atoms with E-state index in [1.165, 1.54) is 0 Å². The summed E-state index contributed by atoms with van der Waals surface area (Å²) in [6.45, 7) is 3.92. The zero-order valence-electron chi connectivity index (χ0n) is 7.10. The fourth-order valence-electron chi connectivity index (χ4n) is 1.20. The lowest BCUT2D eigenvalue weighted by molar-refractivity contribution is 0.613. The minimum absolute atomic E-state index is 0.955. The summed E-state index contributed by atoms with van der Waals surface area (Å²) in [5, 5.41) is 0. The van der Waals surface area contributed by atoms with Gasteiger partial charge in [0.15, 0.2) is 0 Å². The van der Waals surface area contributed by atoms with E-state index in [9.17, 15) is 0 Å². The summed E-state index contributed by atoms with van der Waals surface area (Å²) >= 11 is 0. The molecule has 4 heteroatoms. The van der Waals surface area contributed by atoms with Crippen LogP contribution in [0.4, 0.5) is 0 Å². The van der Waals surface area contributed by atoms with Gasteiger partial charge in [-0.05, 0) is 13.8 Å². The van der Waals surface area contributed by atoms with Crippen LogP contribution in [0.5, 0.6) is 0 Å². The number of hydrogen-bond acceptors (Lipinski definition) is 2. The molecule has 0 radical (unpaired) electrons. The van der Waals surface area contributed by atoms with Gasteiger partial charge in [0.2, 0.25) is 0 Å². The molecule has 0 fully saturated rings. The Kier molecular flexibility index (Phi) is 1.46. The summed E-state index contributed by atoms with van der Waals surface area (Å²) in [4.78, 5) is 8.26. The van der Waals surface area contributed by atoms with Gasteiger partial charge in [0, 0.05) is 24.8 Å². The van der Waals surface area contributed by atoms with Crippen molar-refractivity contribution in [2.75, 3.05) is 0 Å². The third kappa shape index (κ3) is 0.922. The molecule has 2 aromatic heterocycles. The van der Waals surface area contributed by atoms with E-state index < -0.39 is 0 Å². The quantitative estimate of drug-likeness (QED) is 0.627. The molecule has 0 saturated heterocycles. The van der Waals surface area contributed by atoms with E-state index in [0.717, 1.165) is 11.6 Å². The Balaban J connectivity index is 2.57. The summed E-state index contributed by atoms with van der Waals surface area (Å²) in [5.74, 6) is 1.91. The van der Waals surface area contributed by atoms with Crippen molar-refractivity contribution in [2.45, 2.75) is 13.8 Å². The minimum Gasteiger partial charge on any atom is -0.240 e. The van der Waals surface area contributed by atoms with Gasteiger partial charge in [-0.15, -0.1) is 0 Å². The topological polar surface area (TPSA) is 35.6 Å². The third-order valence-corrected chi connectivity index (χ3v) is 1.83. The maximum Gasteiger partial charge on any atom is 0.125 e. The van der Waals surface area contributed by atoms with Crippen LogP contribution >= 0.6 is 0 Å². The van der Waals surface area contributed by atoms with E-state index in [1.54, 1.807) is 12.4 Å². The van der Waals surface area contributed by atoms with Crippen molar-refractivity contribution in [3.63, 3.8) is 0 Å². The SMILES string of the molecule is Cc1nccn1-n1ccnc1C. The molecule has 0 N–H and O–H groups in total. The first-order valence-corrected chi connectivity index (χ1v) is 3.79. The predicted molar refractivity (Wildman–Crippen MR) is 44.7 cm³/mol. The van der Waals surface area contributed by atoms with Crippen LogP contribution in [0.2, 0.25) is 0 Å². The Morgan fingerprint density at radius 1 is 0.917 bits per heavy atom. The number of imidazole rings is 2. The second-order valence-electron chi connectivity index (χ2n) is 2.64. The highest BCUT2D eigenvalue weighted by Crippen LogP contribution is 2.00. The van der Waals surface area contributed by atoms with Crippen molar-refractivity contribution in [3.8, 4) is 0 Å². The van der Waals surface area contributed by atoms with Crippen LogP contribution < -0.4 is 0 Å². The average Bonchev–Trinajstić information content (AvgIpc) is 2.59. The van der Waals surface area contributed by atoms with Crippen molar-refractivity contribution in [2.24, 2.45) is 0 Å². The fraction of sp³-hybridized carbons (Fsp3) is 0.250. The highest BCUT2D eigenvalue weighted by molar-refractivity contribution is 4.96. The molecule has 0 amide bonds. The van der Waals surface area contributed by atoms with Crippen LogP contribution in [-0.4, -0.2) is 19.3 Å². The Morgan fingerprint density at radius 2 is 1.33 bits per heavy atom. The second-order valence-corrected chi connectivity index (χ2v) is 2.64. The van der Waals surface area contributed by atoms with E-state index >= 15 is 0 Å². The van der Waals surface area contributed by atoms with Gasteiger partial charge in [0.1, 0.15) is 11.6 Å². The lowest BCUT2D eigenvalue weighted by Gasteiger charge is -2.06. The number of aromatic nitrogens is 4. The lowest BCUT2D eigenvalue weighted by Crippen LogP contribution is -2.10. The van der Waals surface area contributed by atoms with Crippen molar-refractivity contribution < 1.29 is 0 Å². The molecule has 0 spiro atoms. The molecule has 0 aromatic carbocycles. The van der Waals surface area contributed by atoms with Gasteiger partial charge < -0.3 is 0 Å². The van der Waals surface area contributed by atoms with Crippen LogP contribution in [0.15, 0.2) is 24.8 Å². The molecule has 2 rings (SSSR count). The van der Waals surface area contributed by atoms with Gasteiger partial charge in [0.05, 0.1) is 0 Å². The fourth-order valence-corrected chi connectivity index (χ4v) is 1.20. The molecule has 0 unspecified atom stereocenters. The number of rotatable bonds is 1. The maximum absolute atomic E-state index is 4.13. The number of aryl methyl sites for hydroxylation is 2. The monoisotopic (exact) mass is 162 g/mol. The standard InChI is InChI=1S/C8H10N4/c1-7-9-3-5-11(7)12-6-4-10-8(12)2/h3-6H,1-2H3.